The number of nitrogens with one attached hydrogen (secondary N) is 3. The van der Waals surface area contributed by atoms with Crippen LogP contribution in [0.1, 0.15) is 30.5 Å². The summed E-state index contributed by atoms with van der Waals surface area (Å²) in [4.78, 5) is 7.85. The lowest BCUT2D eigenvalue weighted by Crippen LogP contribution is -2.38. The van der Waals surface area contributed by atoms with E-state index < -0.39 is 0 Å². The molecule has 0 bridgehead atoms. The summed E-state index contributed by atoms with van der Waals surface area (Å²) in [7, 11) is 0. The van der Waals surface area contributed by atoms with Crippen molar-refractivity contribution >= 4 is 40.8 Å². The average molecular weight is 568 g/mol. The maximum atomic E-state index is 13.4. The molecule has 0 fully saturated rings. The maximum Gasteiger partial charge on any atom is 0.191 e. The van der Waals surface area contributed by atoms with Gasteiger partial charge in [-0.15, -0.1) is 24.0 Å². The van der Waals surface area contributed by atoms with Gasteiger partial charge in [0.15, 0.2) is 5.96 Å². The highest BCUT2D eigenvalue weighted by Crippen LogP contribution is 2.19. The van der Waals surface area contributed by atoms with Gasteiger partial charge in [-0.05, 0) is 55.2 Å². The molecule has 6 nitrogen and oxygen atoms in total. The van der Waals surface area contributed by atoms with Crippen molar-refractivity contribution in [1.29, 1.82) is 0 Å². The fourth-order valence-corrected chi connectivity index (χ4v) is 3.46. The summed E-state index contributed by atoms with van der Waals surface area (Å²) >= 11 is 0. The van der Waals surface area contributed by atoms with Crippen molar-refractivity contribution in [2.75, 3.05) is 32.9 Å². The number of fused-ring (bicyclic) bond motifs is 1. The van der Waals surface area contributed by atoms with Gasteiger partial charge in [-0.1, -0.05) is 24.3 Å². The Morgan fingerprint density at radius 1 is 1.03 bits per heavy atom. The van der Waals surface area contributed by atoms with Crippen LogP contribution < -0.4 is 10.6 Å². The molecule has 2 aromatic carbocycles. The van der Waals surface area contributed by atoms with Crippen LogP contribution in [-0.2, 0) is 29.0 Å². The van der Waals surface area contributed by atoms with Gasteiger partial charge >= 0.3 is 0 Å². The minimum absolute atomic E-state index is 0. The van der Waals surface area contributed by atoms with Crippen LogP contribution in [0.15, 0.2) is 53.7 Å². The van der Waals surface area contributed by atoms with Crippen LogP contribution in [0, 0.1) is 5.82 Å². The molecule has 1 aromatic heterocycles. The highest BCUT2D eigenvalue weighted by molar-refractivity contribution is 14.0. The quantitative estimate of drug-likeness (QED) is 0.127. The molecular weight excluding hydrogens is 534 g/mol. The third kappa shape index (κ3) is 8.94. The molecule has 0 spiro atoms. The minimum atomic E-state index is -0.230. The first-order chi connectivity index (χ1) is 15.7. The molecular formula is C25H34FIN4O2. The van der Waals surface area contributed by atoms with E-state index >= 15 is 0 Å². The number of ether oxygens (including phenoxy) is 2. The van der Waals surface area contributed by atoms with Crippen molar-refractivity contribution in [3.05, 3.63) is 71.2 Å². The number of aromatic nitrogens is 1. The van der Waals surface area contributed by atoms with E-state index in [4.69, 9.17) is 14.5 Å². The molecule has 3 N–H and O–H groups in total. The Morgan fingerprint density at radius 2 is 1.85 bits per heavy atom. The third-order valence-electron chi connectivity index (χ3n) is 5.02. The molecule has 3 aromatic rings. The number of aromatic amines is 1. The van der Waals surface area contributed by atoms with Crippen molar-refractivity contribution in [2.45, 2.75) is 33.4 Å². The molecule has 8 heteroatoms. The molecule has 0 aliphatic rings. The highest BCUT2D eigenvalue weighted by Gasteiger charge is 2.05. The average Bonchev–Trinajstić information content (AvgIpc) is 3.19. The number of hydrogen-bond donors (Lipinski definition) is 3. The molecule has 0 atom stereocenters. The van der Waals surface area contributed by atoms with Gasteiger partial charge in [-0.2, -0.15) is 0 Å². The number of aliphatic imine (C=N–C) groups is 1. The van der Waals surface area contributed by atoms with Gasteiger partial charge in [-0.3, -0.25) is 0 Å². The largest absolute Gasteiger partial charge is 0.379 e. The van der Waals surface area contributed by atoms with Crippen LogP contribution in [0.3, 0.4) is 0 Å². The summed E-state index contributed by atoms with van der Waals surface area (Å²) in [5.41, 5.74) is 4.23. The maximum absolute atomic E-state index is 13.4. The molecule has 33 heavy (non-hydrogen) atoms. The van der Waals surface area contributed by atoms with Crippen LogP contribution in [0.25, 0.3) is 10.9 Å². The molecule has 180 valence electrons. The van der Waals surface area contributed by atoms with Gasteiger partial charge in [0.2, 0.25) is 0 Å². The zero-order valence-electron chi connectivity index (χ0n) is 19.3. The third-order valence-corrected chi connectivity index (χ3v) is 5.02. The first kappa shape index (κ1) is 27.1. The monoisotopic (exact) mass is 568 g/mol. The van der Waals surface area contributed by atoms with E-state index in [-0.39, 0.29) is 29.8 Å². The number of H-pyrrole nitrogens is 1. The fourth-order valence-electron chi connectivity index (χ4n) is 3.46. The molecule has 0 amide bonds. The summed E-state index contributed by atoms with van der Waals surface area (Å²) in [6.07, 6.45) is 2.75. The molecule has 0 radical (unpaired) electrons. The molecule has 0 saturated carbocycles. The number of rotatable bonds is 12. The van der Waals surface area contributed by atoms with Crippen molar-refractivity contribution in [3.8, 4) is 0 Å². The van der Waals surface area contributed by atoms with E-state index in [0.717, 1.165) is 53.1 Å². The summed E-state index contributed by atoms with van der Waals surface area (Å²) in [6, 6.07) is 13.1. The SMILES string of the molecule is CCNC(=NCc1cccc(COCCOCC)c1)NCCc1c[nH]c2cc(F)ccc12.I. The predicted octanol–water partition coefficient (Wildman–Crippen LogP) is 4.78. The Bertz CT molecular complexity index is 1010. The molecule has 0 unspecified atom stereocenters. The van der Waals surface area contributed by atoms with Crippen LogP contribution in [0.2, 0.25) is 0 Å². The second-order valence-electron chi connectivity index (χ2n) is 7.45. The molecule has 1 heterocycles. The van der Waals surface area contributed by atoms with Crippen molar-refractivity contribution in [1.82, 2.24) is 15.6 Å². The van der Waals surface area contributed by atoms with Gasteiger partial charge in [0, 0.05) is 36.8 Å². The van der Waals surface area contributed by atoms with Crippen molar-refractivity contribution < 1.29 is 13.9 Å². The number of halogens is 2. The summed E-state index contributed by atoms with van der Waals surface area (Å²) < 4.78 is 24.3. The lowest BCUT2D eigenvalue weighted by atomic mass is 10.1. The Labute approximate surface area is 212 Å². The number of hydrogen-bond acceptors (Lipinski definition) is 3. The first-order valence-corrected chi connectivity index (χ1v) is 11.2. The van der Waals surface area contributed by atoms with Gasteiger partial charge in [0.1, 0.15) is 5.82 Å². The van der Waals surface area contributed by atoms with Crippen LogP contribution in [0.5, 0.6) is 0 Å². The van der Waals surface area contributed by atoms with Gasteiger partial charge < -0.3 is 25.1 Å². The Hall–Kier alpha value is -2.17. The molecule has 0 aliphatic heterocycles. The van der Waals surface area contributed by atoms with E-state index in [1.165, 1.54) is 12.1 Å². The van der Waals surface area contributed by atoms with Crippen molar-refractivity contribution in [3.63, 3.8) is 0 Å². The zero-order valence-corrected chi connectivity index (χ0v) is 21.7. The van der Waals surface area contributed by atoms with E-state index in [1.807, 2.05) is 32.2 Å². The highest BCUT2D eigenvalue weighted by atomic mass is 127. The Kier molecular flexibility index (Phi) is 12.2. The zero-order chi connectivity index (χ0) is 22.6. The molecule has 0 aliphatic carbocycles. The van der Waals surface area contributed by atoms with Crippen LogP contribution in [0.4, 0.5) is 4.39 Å². The van der Waals surface area contributed by atoms with E-state index in [0.29, 0.717) is 33.0 Å². The van der Waals surface area contributed by atoms with Crippen LogP contribution >= 0.6 is 24.0 Å². The topological polar surface area (TPSA) is 70.7 Å². The van der Waals surface area contributed by atoms with E-state index in [2.05, 4.69) is 33.8 Å². The standard InChI is InChI=1S/C25H33FN4O2.HI/c1-3-27-25(28-11-10-21-17-29-24-15-22(26)8-9-23(21)24)30-16-19-6-5-7-20(14-19)18-32-13-12-31-4-2;/h5-9,14-15,17,29H,3-4,10-13,16,18H2,1-2H3,(H2,27,28,30);1H. The summed E-state index contributed by atoms with van der Waals surface area (Å²) in [5, 5.41) is 7.73. The second kappa shape index (κ2) is 14.9. The lowest BCUT2D eigenvalue weighted by molar-refractivity contribution is 0.0453. The van der Waals surface area contributed by atoms with Gasteiger partial charge in [0.05, 0.1) is 26.4 Å². The smallest absolute Gasteiger partial charge is 0.191 e. The Morgan fingerprint density at radius 3 is 2.67 bits per heavy atom. The number of benzene rings is 2. The second-order valence-corrected chi connectivity index (χ2v) is 7.45. The Balaban J connectivity index is 0.00000385. The lowest BCUT2D eigenvalue weighted by Gasteiger charge is -2.11. The molecule has 0 saturated heterocycles. The predicted molar refractivity (Wildman–Crippen MR) is 143 cm³/mol. The first-order valence-electron chi connectivity index (χ1n) is 11.2. The summed E-state index contributed by atoms with van der Waals surface area (Å²) in [6.45, 7) is 8.60. The van der Waals surface area contributed by atoms with E-state index in [1.54, 1.807) is 0 Å². The molecule has 3 rings (SSSR count). The normalized spacial score (nSPS) is 11.4. The summed E-state index contributed by atoms with van der Waals surface area (Å²) in [5.74, 6) is 0.545. The fraction of sp³-hybridized carbons (Fsp3) is 0.400. The van der Waals surface area contributed by atoms with Gasteiger partial charge in [0.25, 0.3) is 0 Å². The van der Waals surface area contributed by atoms with E-state index in [9.17, 15) is 4.39 Å². The van der Waals surface area contributed by atoms with Crippen LogP contribution in [-0.4, -0.2) is 43.9 Å². The minimum Gasteiger partial charge on any atom is -0.379 e. The number of nitrogens with zero attached hydrogens (tertiary/aromatic N) is 1. The van der Waals surface area contributed by atoms with Crippen molar-refractivity contribution in [2.24, 2.45) is 4.99 Å². The number of guanidine groups is 1. The van der Waals surface area contributed by atoms with Gasteiger partial charge in [-0.25, -0.2) is 9.38 Å².